The third-order valence-electron chi connectivity index (χ3n) is 3.61. The summed E-state index contributed by atoms with van der Waals surface area (Å²) >= 11 is 0. The molecule has 0 amide bonds. The van der Waals surface area contributed by atoms with Crippen molar-refractivity contribution < 1.29 is 13.3 Å². The Labute approximate surface area is 122 Å². The Morgan fingerprint density at radius 1 is 1.38 bits per heavy atom. The lowest BCUT2D eigenvalue weighted by Crippen LogP contribution is -2.45. The lowest BCUT2D eigenvalue weighted by atomic mass is 10.0. The zero-order valence-corrected chi connectivity index (χ0v) is 12.6. The molecule has 0 radical (unpaired) electrons. The van der Waals surface area contributed by atoms with E-state index >= 15 is 0 Å². The number of nitro groups is 1. The molecular weight excluding hydrogens is 296 g/mol. The van der Waals surface area contributed by atoms with Crippen LogP contribution in [0.3, 0.4) is 0 Å². The normalized spacial score (nSPS) is 15.8. The van der Waals surface area contributed by atoms with Crippen molar-refractivity contribution in [2.24, 2.45) is 11.8 Å². The molecule has 21 heavy (non-hydrogen) atoms. The van der Waals surface area contributed by atoms with Crippen LogP contribution in [0, 0.1) is 16.0 Å². The molecule has 0 unspecified atom stereocenters. The molecule has 1 aliphatic carbocycles. The monoisotopic (exact) mass is 314 g/mol. The van der Waals surface area contributed by atoms with Crippen molar-refractivity contribution in [1.82, 2.24) is 4.72 Å². The number of nitro benzene ring substituents is 1. The number of anilines is 1. The maximum Gasteiger partial charge on any atom is 0.291 e. The highest BCUT2D eigenvalue weighted by molar-refractivity contribution is 7.89. The van der Waals surface area contributed by atoms with Crippen molar-refractivity contribution in [3.8, 4) is 0 Å². The summed E-state index contributed by atoms with van der Waals surface area (Å²) in [7, 11) is -3.98. The van der Waals surface area contributed by atoms with E-state index in [9.17, 15) is 18.5 Å². The summed E-state index contributed by atoms with van der Waals surface area (Å²) in [5.74, 6) is 5.45. The van der Waals surface area contributed by atoms with Crippen LogP contribution in [0.1, 0.15) is 26.7 Å². The first kappa shape index (κ1) is 15.7. The topological polar surface area (TPSA) is 127 Å². The lowest BCUT2D eigenvalue weighted by Gasteiger charge is -2.25. The first-order chi connectivity index (χ1) is 9.67. The van der Waals surface area contributed by atoms with Crippen LogP contribution >= 0.6 is 0 Å². The molecule has 8 nitrogen and oxygen atoms in total. The van der Waals surface area contributed by atoms with E-state index in [2.05, 4.69) is 10.1 Å². The summed E-state index contributed by atoms with van der Waals surface area (Å²) in [6, 6.07) is 3.66. The number of nitrogens with zero attached hydrogens (tertiary/aromatic N) is 1. The number of nitrogen functional groups attached to an aromatic ring is 1. The quantitative estimate of drug-likeness (QED) is 0.413. The molecule has 9 heteroatoms. The number of rotatable bonds is 6. The number of nitrogens with one attached hydrogen (secondary N) is 2. The van der Waals surface area contributed by atoms with Gasteiger partial charge in [-0.2, -0.15) is 0 Å². The van der Waals surface area contributed by atoms with Crippen LogP contribution in [0.2, 0.25) is 0 Å². The molecule has 1 saturated carbocycles. The second-order valence-electron chi connectivity index (χ2n) is 5.69. The maximum absolute atomic E-state index is 12.4. The smallest absolute Gasteiger partial charge is 0.291 e. The predicted octanol–water partition coefficient (Wildman–Crippen LogP) is 1.35. The Bertz CT molecular complexity index is 668. The summed E-state index contributed by atoms with van der Waals surface area (Å²) in [6.45, 7) is 3.56. The van der Waals surface area contributed by atoms with Gasteiger partial charge in [0.15, 0.2) is 4.90 Å². The lowest BCUT2D eigenvalue weighted by molar-refractivity contribution is -0.387. The molecule has 116 valence electrons. The maximum atomic E-state index is 12.4. The van der Waals surface area contributed by atoms with E-state index < -0.39 is 26.2 Å². The Hall–Kier alpha value is -1.71. The van der Waals surface area contributed by atoms with Gasteiger partial charge in [-0.1, -0.05) is 0 Å². The molecule has 0 bridgehead atoms. The van der Waals surface area contributed by atoms with Crippen molar-refractivity contribution in [1.29, 1.82) is 0 Å². The van der Waals surface area contributed by atoms with Gasteiger partial charge in [0, 0.05) is 11.6 Å². The van der Waals surface area contributed by atoms with Crippen LogP contribution in [0.4, 0.5) is 11.4 Å². The van der Waals surface area contributed by atoms with Gasteiger partial charge in [-0.05, 0) is 44.7 Å². The van der Waals surface area contributed by atoms with Crippen LogP contribution in [-0.2, 0) is 10.0 Å². The van der Waals surface area contributed by atoms with E-state index in [4.69, 9.17) is 5.84 Å². The van der Waals surface area contributed by atoms with Gasteiger partial charge in [0.25, 0.3) is 5.69 Å². The van der Waals surface area contributed by atoms with Crippen molar-refractivity contribution in [3.63, 3.8) is 0 Å². The van der Waals surface area contributed by atoms with Gasteiger partial charge in [-0.25, -0.2) is 13.1 Å². The molecule has 4 N–H and O–H groups in total. The Balaban J connectivity index is 2.41. The van der Waals surface area contributed by atoms with Crippen molar-refractivity contribution in [2.75, 3.05) is 5.43 Å². The Morgan fingerprint density at radius 3 is 2.48 bits per heavy atom. The van der Waals surface area contributed by atoms with Gasteiger partial charge in [-0.15, -0.1) is 0 Å². The predicted molar refractivity (Wildman–Crippen MR) is 78.0 cm³/mol. The van der Waals surface area contributed by atoms with Crippen molar-refractivity contribution in [2.45, 2.75) is 37.1 Å². The van der Waals surface area contributed by atoms with Crippen molar-refractivity contribution >= 4 is 21.4 Å². The second kappa shape index (κ2) is 5.24. The average Bonchev–Trinajstić information content (AvgIpc) is 3.21. The molecule has 0 heterocycles. The molecular formula is C12H18N4O4S. The summed E-state index contributed by atoms with van der Waals surface area (Å²) in [5, 5.41) is 11.1. The summed E-state index contributed by atoms with van der Waals surface area (Å²) in [4.78, 5) is 10.00. The van der Waals surface area contributed by atoms with Gasteiger partial charge in [-0.3, -0.25) is 16.0 Å². The third kappa shape index (κ3) is 3.31. The zero-order chi connectivity index (χ0) is 15.8. The van der Waals surface area contributed by atoms with E-state index in [1.54, 1.807) is 13.8 Å². The molecule has 0 saturated heterocycles. The highest BCUT2D eigenvalue weighted by Gasteiger charge is 2.41. The fraction of sp³-hybridized carbons (Fsp3) is 0.500. The van der Waals surface area contributed by atoms with E-state index in [-0.39, 0.29) is 16.5 Å². The standard InChI is InChI=1S/C12H18N4O4S/c1-12(2,8-3-4-8)15-21(19,20)11-6-5-9(14-13)7-10(11)16(17)18/h5-8,14-15H,3-4,13H2,1-2H3. The van der Waals surface area contributed by atoms with E-state index in [0.29, 0.717) is 0 Å². The fourth-order valence-corrected chi connectivity index (χ4v) is 3.89. The minimum Gasteiger partial charge on any atom is -0.324 e. The summed E-state index contributed by atoms with van der Waals surface area (Å²) in [5.41, 5.74) is 1.39. The number of hydrogen-bond donors (Lipinski definition) is 3. The van der Waals surface area contributed by atoms with Gasteiger partial charge >= 0.3 is 0 Å². The third-order valence-corrected chi connectivity index (χ3v) is 5.33. The molecule has 1 aromatic carbocycles. The molecule has 1 aromatic rings. The first-order valence-corrected chi connectivity index (χ1v) is 7.95. The summed E-state index contributed by atoms with van der Waals surface area (Å²) in [6.07, 6.45) is 1.90. The van der Waals surface area contributed by atoms with Gasteiger partial charge in [0.05, 0.1) is 10.6 Å². The summed E-state index contributed by atoms with van der Waals surface area (Å²) < 4.78 is 27.4. The molecule has 0 aromatic heterocycles. The number of sulfonamides is 1. The van der Waals surface area contributed by atoms with Gasteiger partial charge < -0.3 is 5.43 Å². The minimum atomic E-state index is -3.98. The number of nitrogens with two attached hydrogens (primary N) is 1. The van der Waals surface area contributed by atoms with Crippen molar-refractivity contribution in [3.05, 3.63) is 28.3 Å². The molecule has 0 spiro atoms. The second-order valence-corrected chi connectivity index (χ2v) is 7.34. The van der Waals surface area contributed by atoms with Crippen LogP contribution in [0.25, 0.3) is 0 Å². The average molecular weight is 314 g/mol. The highest BCUT2D eigenvalue weighted by atomic mass is 32.2. The van der Waals surface area contributed by atoms with E-state index in [0.717, 1.165) is 18.9 Å². The fourth-order valence-electron chi connectivity index (χ4n) is 2.27. The molecule has 0 atom stereocenters. The van der Waals surface area contributed by atoms with E-state index in [1.807, 2.05) is 0 Å². The number of hydrogen-bond acceptors (Lipinski definition) is 6. The Kier molecular flexibility index (Phi) is 3.91. The van der Waals surface area contributed by atoms with Crippen LogP contribution in [0.15, 0.2) is 23.1 Å². The highest BCUT2D eigenvalue weighted by Crippen LogP contribution is 2.40. The minimum absolute atomic E-state index is 0.260. The molecule has 1 fully saturated rings. The zero-order valence-electron chi connectivity index (χ0n) is 11.8. The van der Waals surface area contributed by atoms with Gasteiger partial charge in [0.1, 0.15) is 0 Å². The molecule has 0 aliphatic heterocycles. The van der Waals surface area contributed by atoms with E-state index in [1.165, 1.54) is 12.1 Å². The number of hydrazine groups is 1. The van der Waals surface area contributed by atoms with Gasteiger partial charge in [0.2, 0.25) is 10.0 Å². The largest absolute Gasteiger partial charge is 0.324 e. The van der Waals surface area contributed by atoms with Crippen LogP contribution in [-0.4, -0.2) is 18.9 Å². The van der Waals surface area contributed by atoms with Crippen LogP contribution < -0.4 is 16.0 Å². The van der Waals surface area contributed by atoms with Crippen LogP contribution in [0.5, 0.6) is 0 Å². The first-order valence-electron chi connectivity index (χ1n) is 6.46. The molecule has 2 rings (SSSR count). The number of benzene rings is 1. The SMILES string of the molecule is CC(C)(NS(=O)(=O)c1ccc(NN)cc1[N+](=O)[O-])C1CC1. The molecule has 1 aliphatic rings. The Morgan fingerprint density at radius 2 is 2.00 bits per heavy atom.